The van der Waals surface area contributed by atoms with Crippen LogP contribution in [0.3, 0.4) is 0 Å². The number of carboxylic acid groups (broad SMARTS) is 1. The molecule has 2 heterocycles. The van der Waals surface area contributed by atoms with E-state index in [1.54, 1.807) is 0 Å². The quantitative estimate of drug-likeness (QED) is 0.0378. The highest BCUT2D eigenvalue weighted by atomic mass is 16.7. The van der Waals surface area contributed by atoms with E-state index in [9.17, 15) is 75.7 Å². The second kappa shape index (κ2) is 42.6. The van der Waals surface area contributed by atoms with E-state index in [0.29, 0.717) is 18.8 Å². The number of hydrogen-bond donors (Lipinski definition) is 14. The summed E-state index contributed by atoms with van der Waals surface area (Å²) in [4.78, 5) is 38.3. The summed E-state index contributed by atoms with van der Waals surface area (Å²) >= 11 is 0. The van der Waals surface area contributed by atoms with Gasteiger partial charge in [0.05, 0.1) is 44.1 Å². The zero-order valence-corrected chi connectivity index (χ0v) is 48.3. The summed E-state index contributed by atoms with van der Waals surface area (Å²) in [5.41, 5.74) is 0. The van der Waals surface area contributed by atoms with Crippen molar-refractivity contribution in [2.24, 2.45) is 5.92 Å². The molecule has 2 saturated heterocycles. The van der Waals surface area contributed by atoms with Crippen molar-refractivity contribution in [1.82, 2.24) is 10.6 Å². The van der Waals surface area contributed by atoms with Crippen LogP contribution in [0.15, 0.2) is 0 Å². The molecule has 2 amide bonds. The fourth-order valence-corrected chi connectivity index (χ4v) is 10.5. The van der Waals surface area contributed by atoms with Crippen LogP contribution in [0.2, 0.25) is 0 Å². The molecule has 2 aliphatic rings. The van der Waals surface area contributed by atoms with Gasteiger partial charge in [0, 0.05) is 6.42 Å². The number of aliphatic carboxylic acids is 1. The molecule has 1 unspecified atom stereocenters. The van der Waals surface area contributed by atoms with Gasteiger partial charge < -0.3 is 90.9 Å². The van der Waals surface area contributed by atoms with Crippen molar-refractivity contribution in [2.45, 2.75) is 318 Å². The summed E-state index contributed by atoms with van der Waals surface area (Å²) in [6.07, 6.45) is 10.9. The van der Waals surface area contributed by atoms with Crippen molar-refractivity contribution in [2.75, 3.05) is 26.4 Å². The van der Waals surface area contributed by atoms with E-state index in [1.165, 1.54) is 116 Å². The van der Waals surface area contributed by atoms with Crippen LogP contribution >= 0.6 is 0 Å². The van der Waals surface area contributed by atoms with Gasteiger partial charge in [0.1, 0.15) is 61.5 Å². The van der Waals surface area contributed by atoms with E-state index >= 15 is 0 Å². The molecule has 21 nitrogen and oxygen atoms in total. The fraction of sp³-hybridized carbons (Fsp3) is 0.948. The van der Waals surface area contributed by atoms with Crippen LogP contribution in [-0.4, -0.2) is 197 Å². The minimum absolute atomic E-state index is 0.142. The van der Waals surface area contributed by atoms with Gasteiger partial charge in [0.25, 0.3) is 5.79 Å². The molecule has 2 rings (SSSR count). The van der Waals surface area contributed by atoms with Gasteiger partial charge in [0.2, 0.25) is 11.8 Å². The van der Waals surface area contributed by atoms with Crippen molar-refractivity contribution >= 4 is 17.8 Å². The maximum Gasteiger partial charge on any atom is 0.364 e. The largest absolute Gasteiger partial charge is 0.477 e. The molecule has 16 atom stereocenters. The first-order valence-electron chi connectivity index (χ1n) is 30.6. The van der Waals surface area contributed by atoms with Crippen molar-refractivity contribution in [3.05, 3.63) is 0 Å². The highest BCUT2D eigenvalue weighted by molar-refractivity contribution is 5.80. The van der Waals surface area contributed by atoms with Crippen LogP contribution in [0.25, 0.3) is 0 Å². The molecule has 2 aliphatic heterocycles. The Bertz CT molecular complexity index is 1570. The van der Waals surface area contributed by atoms with Crippen LogP contribution in [0, 0.1) is 5.92 Å². The number of carbonyl (C=O) groups is 3. The average Bonchev–Trinajstić information content (AvgIpc) is 3.46. The molecule has 0 radical (unpaired) electrons. The van der Waals surface area contributed by atoms with Gasteiger partial charge in [-0.3, -0.25) is 9.59 Å². The van der Waals surface area contributed by atoms with Crippen LogP contribution in [0.5, 0.6) is 0 Å². The maximum atomic E-state index is 13.5. The average molecular weight is 1140 g/mol. The van der Waals surface area contributed by atoms with Gasteiger partial charge in [-0.05, 0) is 18.8 Å². The van der Waals surface area contributed by atoms with Crippen molar-refractivity contribution in [1.29, 1.82) is 0 Å². The zero-order chi connectivity index (χ0) is 58.6. The SMILES string of the molecule is CCCCCCCCCCCCCCCCCCCCCC[C@@H](O)C(=O)N[C@@H](CO[C@@H]1O[C@H](CO[C@]2(C(=O)O)C[C@H](O)[C@@H](NC(=O)CO)[C@H]([C@H](O)[C@H](O)CO)O2)[C@@H](O)[C@H](O)[C@H]1O)[C@H](O)[C@H](O)CCCCCCCCCC(C)CC. The monoisotopic (exact) mass is 1140 g/mol. The minimum atomic E-state index is -2.89. The number of hydrogen-bond acceptors (Lipinski definition) is 18. The predicted molar refractivity (Wildman–Crippen MR) is 296 cm³/mol. The third kappa shape index (κ3) is 28.3. The lowest BCUT2D eigenvalue weighted by atomic mass is 9.88. The number of carboxylic acids is 1. The molecule has 0 spiro atoms. The molecule has 0 aromatic heterocycles. The molecule has 0 bridgehead atoms. The Labute approximate surface area is 471 Å². The molecule has 79 heavy (non-hydrogen) atoms. The van der Waals surface area contributed by atoms with Gasteiger partial charge in [-0.15, -0.1) is 0 Å². The van der Waals surface area contributed by atoms with Crippen LogP contribution in [-0.2, 0) is 33.3 Å². The van der Waals surface area contributed by atoms with E-state index in [1.807, 2.05) is 0 Å². The van der Waals surface area contributed by atoms with Crippen LogP contribution < -0.4 is 10.6 Å². The Morgan fingerprint density at radius 2 is 1.11 bits per heavy atom. The Morgan fingerprint density at radius 1 is 0.633 bits per heavy atom. The number of aliphatic hydroxyl groups is 11. The number of carbonyl (C=O) groups excluding carboxylic acids is 2. The number of nitrogens with one attached hydrogen (secondary N) is 2. The topological polar surface area (TPSA) is 355 Å². The maximum absolute atomic E-state index is 13.5. The van der Waals surface area contributed by atoms with Gasteiger partial charge in [-0.25, -0.2) is 4.79 Å². The van der Waals surface area contributed by atoms with Crippen LogP contribution in [0.1, 0.15) is 226 Å². The van der Waals surface area contributed by atoms with Crippen molar-refractivity contribution < 1.29 is 94.6 Å². The number of amides is 2. The molecule has 0 aromatic rings. The molecular formula is C58H110N2O19. The molecule has 14 N–H and O–H groups in total. The standard InChI is InChI=1S/C58H110N2O19/c1-4-6-7-8-9-10-11-12-13-14-15-16-17-18-19-20-21-24-28-31-34-43(64)55(73)59-41(49(68)42(63)33-30-27-25-22-23-26-29-32-40(3)5-2)38-76-56-53(72)52(71)51(70)46(78-56)39-77-58(57(74)75)35-44(65)48(60-47(67)37-62)54(79-58)50(69)45(66)36-61/h40-46,48-54,56,61-66,68-72H,4-39H2,1-3H3,(H,59,73)(H,60,67)(H,74,75)/t40?,41-,42+,43+,44-,45+,46+,48+,49-,50+,51+,52-,53+,54+,56+,58+/m0/s1. The molecule has 0 aromatic carbocycles. The van der Waals surface area contributed by atoms with E-state index in [-0.39, 0.29) is 12.8 Å². The first kappa shape index (κ1) is 72.9. The third-order valence-corrected chi connectivity index (χ3v) is 16.0. The van der Waals surface area contributed by atoms with Crippen molar-refractivity contribution in [3.63, 3.8) is 0 Å². The molecule has 0 saturated carbocycles. The van der Waals surface area contributed by atoms with E-state index in [0.717, 1.165) is 57.8 Å². The second-order valence-corrected chi connectivity index (χ2v) is 22.8. The predicted octanol–water partition coefficient (Wildman–Crippen LogP) is 4.29. The summed E-state index contributed by atoms with van der Waals surface area (Å²) in [6, 6.07) is -3.03. The van der Waals surface area contributed by atoms with Gasteiger partial charge >= 0.3 is 5.97 Å². The first-order valence-corrected chi connectivity index (χ1v) is 30.6. The molecule has 0 aliphatic carbocycles. The van der Waals surface area contributed by atoms with Gasteiger partial charge in [0.15, 0.2) is 6.29 Å². The van der Waals surface area contributed by atoms with Crippen molar-refractivity contribution in [3.8, 4) is 0 Å². The molecular weight excluding hydrogens is 1030 g/mol. The summed E-state index contributed by atoms with van der Waals surface area (Å²) in [7, 11) is 0. The normalized spacial score (nSPS) is 26.2. The lowest BCUT2D eigenvalue weighted by Crippen LogP contribution is -2.68. The van der Waals surface area contributed by atoms with Gasteiger partial charge in [-0.2, -0.15) is 0 Å². The second-order valence-electron chi connectivity index (χ2n) is 22.8. The van der Waals surface area contributed by atoms with Gasteiger partial charge in [-0.1, -0.05) is 207 Å². The lowest BCUT2D eigenvalue weighted by molar-refractivity contribution is -0.339. The summed E-state index contributed by atoms with van der Waals surface area (Å²) in [6.45, 7) is 2.95. The Hall–Kier alpha value is -2.19. The number of unbranched alkanes of at least 4 members (excludes halogenated alkanes) is 25. The van der Waals surface area contributed by atoms with E-state index in [2.05, 4.69) is 31.4 Å². The third-order valence-electron chi connectivity index (χ3n) is 16.0. The highest BCUT2D eigenvalue weighted by Crippen LogP contribution is 2.35. The first-order chi connectivity index (χ1) is 37.9. The van der Waals surface area contributed by atoms with Crippen LogP contribution in [0.4, 0.5) is 0 Å². The Morgan fingerprint density at radius 3 is 1.58 bits per heavy atom. The highest BCUT2D eigenvalue weighted by Gasteiger charge is 2.57. The molecule has 21 heteroatoms. The molecule has 2 fully saturated rings. The Balaban J connectivity index is 2.01. The smallest absolute Gasteiger partial charge is 0.364 e. The minimum Gasteiger partial charge on any atom is -0.477 e. The summed E-state index contributed by atoms with van der Waals surface area (Å²) < 4.78 is 22.7. The number of rotatable bonds is 48. The fourth-order valence-electron chi connectivity index (χ4n) is 10.5. The van der Waals surface area contributed by atoms with E-state index < -0.39 is 142 Å². The molecule has 466 valence electrons. The lowest BCUT2D eigenvalue weighted by Gasteiger charge is -2.47. The summed E-state index contributed by atoms with van der Waals surface area (Å²) in [5, 5.41) is 132. The number of ether oxygens (including phenoxy) is 4. The summed E-state index contributed by atoms with van der Waals surface area (Å²) in [5.74, 6) is -5.96. The number of aliphatic hydroxyl groups excluding tert-OH is 11. The van der Waals surface area contributed by atoms with E-state index in [4.69, 9.17) is 18.9 Å². The Kier molecular flexibility index (Phi) is 39.3. The zero-order valence-electron chi connectivity index (χ0n) is 48.3.